The Balaban J connectivity index is 1.46. The summed E-state index contributed by atoms with van der Waals surface area (Å²) in [5.41, 5.74) is 5.49. The summed E-state index contributed by atoms with van der Waals surface area (Å²) >= 11 is 0. The standard InChI is InChI=1S/C21H25N3O/c1-25-17-7-4-6-16(14-17)23-11-5-13-24-20-9-3-2-8-18(20)19-10-12-22-15-21(19)24/h2-4,6-9,14,22-23H,5,10-13,15H2,1H3. The summed E-state index contributed by atoms with van der Waals surface area (Å²) in [4.78, 5) is 0. The van der Waals surface area contributed by atoms with Gasteiger partial charge in [0.1, 0.15) is 5.75 Å². The van der Waals surface area contributed by atoms with Crippen LogP contribution in [0.3, 0.4) is 0 Å². The molecular weight excluding hydrogens is 310 g/mol. The highest BCUT2D eigenvalue weighted by molar-refractivity contribution is 5.85. The highest BCUT2D eigenvalue weighted by atomic mass is 16.5. The predicted octanol–water partition coefficient (Wildman–Crippen LogP) is 3.80. The van der Waals surface area contributed by atoms with Gasteiger partial charge in [0, 0.05) is 48.0 Å². The van der Waals surface area contributed by atoms with E-state index in [-0.39, 0.29) is 0 Å². The third-order valence-corrected chi connectivity index (χ3v) is 5.00. The van der Waals surface area contributed by atoms with Gasteiger partial charge >= 0.3 is 0 Å². The Morgan fingerprint density at radius 2 is 2.08 bits per heavy atom. The van der Waals surface area contributed by atoms with Crippen molar-refractivity contribution in [3.05, 3.63) is 59.8 Å². The number of aryl methyl sites for hydroxylation is 1. The Morgan fingerprint density at radius 3 is 3.00 bits per heavy atom. The third kappa shape index (κ3) is 3.22. The zero-order valence-electron chi connectivity index (χ0n) is 14.7. The minimum atomic E-state index is 0.890. The highest BCUT2D eigenvalue weighted by Gasteiger charge is 2.18. The Hall–Kier alpha value is -2.46. The fourth-order valence-corrected chi connectivity index (χ4v) is 3.79. The van der Waals surface area contributed by atoms with Crippen molar-refractivity contribution in [3.63, 3.8) is 0 Å². The van der Waals surface area contributed by atoms with Gasteiger partial charge in [-0.1, -0.05) is 24.3 Å². The van der Waals surface area contributed by atoms with Crippen molar-refractivity contribution in [1.82, 2.24) is 9.88 Å². The predicted molar refractivity (Wildman–Crippen MR) is 103 cm³/mol. The average molecular weight is 335 g/mol. The Labute approximate surface area is 148 Å². The van der Waals surface area contributed by atoms with Gasteiger partial charge in [0.05, 0.1) is 7.11 Å². The molecule has 4 rings (SSSR count). The number of rotatable bonds is 6. The molecule has 2 aromatic carbocycles. The maximum atomic E-state index is 5.28. The van der Waals surface area contributed by atoms with Gasteiger partial charge in [-0.25, -0.2) is 0 Å². The van der Waals surface area contributed by atoms with Gasteiger partial charge in [0.25, 0.3) is 0 Å². The second-order valence-electron chi connectivity index (χ2n) is 6.53. The molecule has 4 nitrogen and oxygen atoms in total. The molecule has 0 amide bonds. The van der Waals surface area contributed by atoms with Crippen molar-refractivity contribution in [3.8, 4) is 5.75 Å². The minimum absolute atomic E-state index is 0.890. The van der Waals surface area contributed by atoms with Gasteiger partial charge in [-0.3, -0.25) is 0 Å². The summed E-state index contributed by atoms with van der Waals surface area (Å²) in [7, 11) is 1.70. The van der Waals surface area contributed by atoms with E-state index >= 15 is 0 Å². The molecule has 0 atom stereocenters. The fourth-order valence-electron chi connectivity index (χ4n) is 3.79. The van der Waals surface area contributed by atoms with E-state index in [0.29, 0.717) is 0 Å². The smallest absolute Gasteiger partial charge is 0.120 e. The van der Waals surface area contributed by atoms with Gasteiger partial charge in [0.15, 0.2) is 0 Å². The molecule has 3 aromatic rings. The summed E-state index contributed by atoms with van der Waals surface area (Å²) in [6.45, 7) is 4.04. The average Bonchev–Trinajstić information content (AvgIpc) is 2.99. The molecule has 25 heavy (non-hydrogen) atoms. The summed E-state index contributed by atoms with van der Waals surface area (Å²) in [6, 6.07) is 16.9. The topological polar surface area (TPSA) is 38.2 Å². The molecule has 2 heterocycles. The largest absolute Gasteiger partial charge is 0.497 e. The van der Waals surface area contributed by atoms with Crippen LogP contribution in [0.5, 0.6) is 5.75 Å². The van der Waals surface area contributed by atoms with Crippen LogP contribution in [0.1, 0.15) is 17.7 Å². The van der Waals surface area contributed by atoms with E-state index in [4.69, 9.17) is 4.74 Å². The van der Waals surface area contributed by atoms with E-state index in [1.807, 2.05) is 18.2 Å². The first-order valence-corrected chi connectivity index (χ1v) is 9.04. The maximum absolute atomic E-state index is 5.28. The van der Waals surface area contributed by atoms with Crippen LogP contribution in [0, 0.1) is 0 Å². The van der Waals surface area contributed by atoms with Gasteiger partial charge in [0.2, 0.25) is 0 Å². The van der Waals surface area contributed by atoms with E-state index in [1.165, 1.54) is 22.2 Å². The number of methoxy groups -OCH3 is 1. The van der Waals surface area contributed by atoms with Gasteiger partial charge in [-0.05, 0) is 43.1 Å². The molecule has 1 aliphatic rings. The SMILES string of the molecule is COc1cccc(NCCCn2c3c(c4ccccc42)CCNC3)c1. The van der Waals surface area contributed by atoms with E-state index in [1.54, 1.807) is 7.11 Å². The first kappa shape index (κ1) is 16.0. The van der Waals surface area contributed by atoms with Crippen LogP contribution in [0.2, 0.25) is 0 Å². The monoisotopic (exact) mass is 335 g/mol. The highest BCUT2D eigenvalue weighted by Crippen LogP contribution is 2.28. The molecule has 0 aliphatic carbocycles. The molecule has 0 saturated carbocycles. The molecule has 130 valence electrons. The lowest BCUT2D eigenvalue weighted by atomic mass is 10.1. The van der Waals surface area contributed by atoms with Crippen molar-refractivity contribution in [2.24, 2.45) is 0 Å². The number of hydrogen-bond acceptors (Lipinski definition) is 3. The zero-order chi connectivity index (χ0) is 17.1. The summed E-state index contributed by atoms with van der Waals surface area (Å²) in [5.74, 6) is 0.890. The van der Waals surface area contributed by atoms with Crippen molar-refractivity contribution in [2.75, 3.05) is 25.5 Å². The molecule has 0 saturated heterocycles. The van der Waals surface area contributed by atoms with Crippen LogP contribution in [0.15, 0.2) is 48.5 Å². The lowest BCUT2D eigenvalue weighted by Gasteiger charge is -2.17. The van der Waals surface area contributed by atoms with E-state index in [9.17, 15) is 0 Å². The normalized spacial score (nSPS) is 13.6. The van der Waals surface area contributed by atoms with Crippen molar-refractivity contribution < 1.29 is 4.74 Å². The number of anilines is 1. The second-order valence-corrected chi connectivity index (χ2v) is 6.53. The molecule has 0 unspecified atom stereocenters. The second kappa shape index (κ2) is 7.19. The van der Waals surface area contributed by atoms with Crippen LogP contribution in [0.4, 0.5) is 5.69 Å². The zero-order valence-corrected chi connectivity index (χ0v) is 14.7. The van der Waals surface area contributed by atoms with Crippen LogP contribution in [-0.4, -0.2) is 24.8 Å². The Morgan fingerprint density at radius 1 is 1.16 bits per heavy atom. The number of nitrogens with zero attached hydrogens (tertiary/aromatic N) is 1. The first-order valence-electron chi connectivity index (χ1n) is 9.04. The summed E-state index contributed by atoms with van der Waals surface area (Å²) in [5, 5.41) is 8.45. The number of nitrogens with one attached hydrogen (secondary N) is 2. The third-order valence-electron chi connectivity index (χ3n) is 5.00. The molecule has 0 fully saturated rings. The molecule has 1 aliphatic heterocycles. The number of hydrogen-bond donors (Lipinski definition) is 2. The molecular formula is C21H25N3O. The molecule has 2 N–H and O–H groups in total. The number of fused-ring (bicyclic) bond motifs is 3. The lowest BCUT2D eigenvalue weighted by Crippen LogP contribution is -2.25. The van der Waals surface area contributed by atoms with Gasteiger partial charge in [-0.2, -0.15) is 0 Å². The van der Waals surface area contributed by atoms with E-state index in [2.05, 4.69) is 45.5 Å². The van der Waals surface area contributed by atoms with Crippen molar-refractivity contribution in [1.29, 1.82) is 0 Å². The number of aromatic nitrogens is 1. The van der Waals surface area contributed by atoms with Crippen molar-refractivity contribution in [2.45, 2.75) is 25.9 Å². The number of benzene rings is 2. The molecule has 0 bridgehead atoms. The minimum Gasteiger partial charge on any atom is -0.497 e. The summed E-state index contributed by atoms with van der Waals surface area (Å²) in [6.07, 6.45) is 2.22. The van der Waals surface area contributed by atoms with Gasteiger partial charge in [-0.15, -0.1) is 0 Å². The quantitative estimate of drug-likeness (QED) is 0.673. The number of para-hydroxylation sites is 1. The van der Waals surface area contributed by atoms with Crippen LogP contribution >= 0.6 is 0 Å². The molecule has 1 aromatic heterocycles. The van der Waals surface area contributed by atoms with Crippen LogP contribution in [-0.2, 0) is 19.5 Å². The van der Waals surface area contributed by atoms with Crippen LogP contribution < -0.4 is 15.4 Å². The Bertz CT molecular complexity index is 869. The van der Waals surface area contributed by atoms with Crippen LogP contribution in [0.25, 0.3) is 10.9 Å². The fraction of sp³-hybridized carbons (Fsp3) is 0.333. The van der Waals surface area contributed by atoms with E-state index < -0.39 is 0 Å². The summed E-state index contributed by atoms with van der Waals surface area (Å²) < 4.78 is 7.78. The first-order chi connectivity index (χ1) is 12.4. The lowest BCUT2D eigenvalue weighted by molar-refractivity contribution is 0.415. The van der Waals surface area contributed by atoms with Gasteiger partial charge < -0.3 is 19.9 Å². The molecule has 0 spiro atoms. The van der Waals surface area contributed by atoms with E-state index in [0.717, 1.165) is 50.5 Å². The number of ether oxygens (including phenoxy) is 1. The maximum Gasteiger partial charge on any atom is 0.120 e. The Kier molecular flexibility index (Phi) is 4.61. The molecule has 4 heteroatoms. The molecule has 0 radical (unpaired) electrons. The van der Waals surface area contributed by atoms with Crippen molar-refractivity contribution >= 4 is 16.6 Å².